The molecule has 0 atom stereocenters. The number of hydrogen-bond acceptors (Lipinski definition) is 4. The Labute approximate surface area is 175 Å². The van der Waals surface area contributed by atoms with E-state index in [1.54, 1.807) is 0 Å². The summed E-state index contributed by atoms with van der Waals surface area (Å²) in [5, 5.41) is 0. The molecule has 2 aromatic rings. The molecule has 4 nitrogen and oxygen atoms in total. The Bertz CT molecular complexity index is 698. The standard InChI is InChI=1S/C25H33NO3/c1-2-25(27)29-21-11-9-7-5-3-4-6-8-10-20-28-24-14-12-22(13-15-24)23-16-18-26-19-17-23/h2,12-19H,1,3-11,20-21H2. The van der Waals surface area contributed by atoms with Gasteiger partial charge >= 0.3 is 5.97 Å². The SMILES string of the molecule is C=CC(=O)OCCCCCCCCCCCOc1ccc(-c2ccncc2)cc1. The molecule has 4 heteroatoms. The molecule has 0 spiro atoms. The normalized spacial score (nSPS) is 10.5. The Morgan fingerprint density at radius 3 is 1.86 bits per heavy atom. The molecule has 1 heterocycles. The third-order valence-electron chi connectivity index (χ3n) is 4.84. The van der Waals surface area contributed by atoms with Gasteiger partial charge in [-0.3, -0.25) is 4.98 Å². The number of benzene rings is 1. The van der Waals surface area contributed by atoms with Crippen LogP contribution < -0.4 is 4.74 Å². The lowest BCUT2D eigenvalue weighted by molar-refractivity contribution is -0.137. The molecule has 1 aromatic carbocycles. The van der Waals surface area contributed by atoms with E-state index in [-0.39, 0.29) is 5.97 Å². The van der Waals surface area contributed by atoms with Crippen molar-refractivity contribution < 1.29 is 14.3 Å². The average Bonchev–Trinajstić information content (AvgIpc) is 2.77. The van der Waals surface area contributed by atoms with Crippen molar-refractivity contribution in [1.29, 1.82) is 0 Å². The number of esters is 1. The van der Waals surface area contributed by atoms with E-state index < -0.39 is 0 Å². The largest absolute Gasteiger partial charge is 0.494 e. The Kier molecular flexibility index (Phi) is 11.2. The van der Waals surface area contributed by atoms with Crippen molar-refractivity contribution in [3.05, 3.63) is 61.4 Å². The van der Waals surface area contributed by atoms with Gasteiger partial charge in [-0.25, -0.2) is 4.79 Å². The summed E-state index contributed by atoms with van der Waals surface area (Å²) in [7, 11) is 0. The van der Waals surface area contributed by atoms with Gasteiger partial charge in [0.25, 0.3) is 0 Å². The first-order chi connectivity index (χ1) is 14.3. The van der Waals surface area contributed by atoms with Crippen molar-refractivity contribution in [3.63, 3.8) is 0 Å². The molecule has 0 unspecified atom stereocenters. The quantitative estimate of drug-likeness (QED) is 0.200. The molecule has 0 fully saturated rings. The van der Waals surface area contributed by atoms with Gasteiger partial charge in [0, 0.05) is 18.5 Å². The highest BCUT2D eigenvalue weighted by atomic mass is 16.5. The number of carbonyl (C=O) groups is 1. The summed E-state index contributed by atoms with van der Waals surface area (Å²) < 4.78 is 10.8. The van der Waals surface area contributed by atoms with Crippen LogP contribution in [0, 0.1) is 0 Å². The Morgan fingerprint density at radius 1 is 0.759 bits per heavy atom. The number of ether oxygens (including phenoxy) is 2. The molecule has 0 bridgehead atoms. The molecule has 156 valence electrons. The van der Waals surface area contributed by atoms with Crippen molar-refractivity contribution in [2.45, 2.75) is 57.8 Å². The Hall–Kier alpha value is -2.62. The van der Waals surface area contributed by atoms with Gasteiger partial charge in [-0.1, -0.05) is 63.7 Å². The summed E-state index contributed by atoms with van der Waals surface area (Å²) in [4.78, 5) is 14.9. The fourth-order valence-electron chi connectivity index (χ4n) is 3.15. The van der Waals surface area contributed by atoms with Crippen LogP contribution in [0.25, 0.3) is 11.1 Å². The van der Waals surface area contributed by atoms with Gasteiger partial charge in [0.2, 0.25) is 0 Å². The molecular formula is C25H33NO3. The first-order valence-electron chi connectivity index (χ1n) is 10.7. The zero-order valence-electron chi connectivity index (χ0n) is 17.4. The van der Waals surface area contributed by atoms with Gasteiger partial charge in [-0.15, -0.1) is 0 Å². The van der Waals surface area contributed by atoms with Crippen molar-refractivity contribution in [2.24, 2.45) is 0 Å². The lowest BCUT2D eigenvalue weighted by Gasteiger charge is -2.07. The predicted octanol–water partition coefficient (Wildman–Crippen LogP) is 6.37. The molecule has 0 saturated heterocycles. The van der Waals surface area contributed by atoms with Crippen molar-refractivity contribution in [3.8, 4) is 16.9 Å². The predicted molar refractivity (Wildman–Crippen MR) is 118 cm³/mol. The van der Waals surface area contributed by atoms with Crippen LogP contribution in [-0.2, 0) is 9.53 Å². The Balaban J connectivity index is 1.41. The van der Waals surface area contributed by atoms with Crippen LogP contribution in [0.1, 0.15) is 57.8 Å². The number of aromatic nitrogens is 1. The minimum Gasteiger partial charge on any atom is -0.494 e. The zero-order chi connectivity index (χ0) is 20.6. The van der Waals surface area contributed by atoms with E-state index in [2.05, 4.69) is 23.7 Å². The van der Waals surface area contributed by atoms with Gasteiger partial charge in [0.15, 0.2) is 0 Å². The first-order valence-corrected chi connectivity index (χ1v) is 10.7. The smallest absolute Gasteiger partial charge is 0.330 e. The molecule has 0 aliphatic rings. The average molecular weight is 396 g/mol. The van der Waals surface area contributed by atoms with Crippen molar-refractivity contribution in [2.75, 3.05) is 13.2 Å². The molecule has 0 aliphatic carbocycles. The van der Waals surface area contributed by atoms with Crippen LogP contribution in [0.3, 0.4) is 0 Å². The number of hydrogen-bond donors (Lipinski definition) is 0. The van der Waals surface area contributed by atoms with E-state index in [0.29, 0.717) is 6.61 Å². The highest BCUT2D eigenvalue weighted by molar-refractivity contribution is 5.81. The molecule has 0 saturated carbocycles. The number of carbonyl (C=O) groups excluding carboxylic acids is 1. The summed E-state index contributed by atoms with van der Waals surface area (Å²) in [6.07, 6.45) is 15.5. The van der Waals surface area contributed by atoms with Gasteiger partial charge in [0.05, 0.1) is 13.2 Å². The molecule has 29 heavy (non-hydrogen) atoms. The monoisotopic (exact) mass is 395 g/mol. The highest BCUT2D eigenvalue weighted by Gasteiger charge is 1.99. The zero-order valence-corrected chi connectivity index (χ0v) is 17.4. The van der Waals surface area contributed by atoms with Gasteiger partial charge in [-0.2, -0.15) is 0 Å². The molecule has 2 rings (SSSR count). The van der Waals surface area contributed by atoms with Crippen LogP contribution in [0.4, 0.5) is 0 Å². The second kappa shape index (κ2) is 14.4. The summed E-state index contributed by atoms with van der Waals surface area (Å²) in [6.45, 7) is 4.67. The fourth-order valence-corrected chi connectivity index (χ4v) is 3.15. The minimum absolute atomic E-state index is 0.323. The third-order valence-corrected chi connectivity index (χ3v) is 4.84. The molecule has 0 amide bonds. The van der Waals surface area contributed by atoms with Crippen LogP contribution in [0.2, 0.25) is 0 Å². The van der Waals surface area contributed by atoms with Crippen molar-refractivity contribution >= 4 is 5.97 Å². The van der Waals surface area contributed by atoms with Crippen LogP contribution in [0.5, 0.6) is 5.75 Å². The van der Waals surface area contributed by atoms with Gasteiger partial charge in [-0.05, 0) is 48.2 Å². The highest BCUT2D eigenvalue weighted by Crippen LogP contribution is 2.21. The van der Waals surface area contributed by atoms with Crippen molar-refractivity contribution in [1.82, 2.24) is 4.98 Å². The second-order valence-electron chi connectivity index (χ2n) is 7.16. The van der Waals surface area contributed by atoms with E-state index >= 15 is 0 Å². The maximum Gasteiger partial charge on any atom is 0.330 e. The molecule has 1 aromatic heterocycles. The Morgan fingerprint density at radius 2 is 1.28 bits per heavy atom. The van der Waals surface area contributed by atoms with E-state index in [4.69, 9.17) is 9.47 Å². The van der Waals surface area contributed by atoms with Crippen LogP contribution >= 0.6 is 0 Å². The van der Waals surface area contributed by atoms with Gasteiger partial charge in [0.1, 0.15) is 5.75 Å². The molecule has 0 aliphatic heterocycles. The van der Waals surface area contributed by atoms with E-state index in [0.717, 1.165) is 31.6 Å². The lowest BCUT2D eigenvalue weighted by atomic mass is 10.1. The maximum absolute atomic E-state index is 10.9. The molecule has 0 N–H and O–H groups in total. The third kappa shape index (κ3) is 9.93. The van der Waals surface area contributed by atoms with E-state index in [9.17, 15) is 4.79 Å². The minimum atomic E-state index is -0.323. The van der Waals surface area contributed by atoms with E-state index in [1.165, 1.54) is 55.7 Å². The van der Waals surface area contributed by atoms with E-state index in [1.807, 2.05) is 36.7 Å². The summed E-state index contributed by atoms with van der Waals surface area (Å²) >= 11 is 0. The lowest BCUT2D eigenvalue weighted by Crippen LogP contribution is -2.01. The number of nitrogens with zero attached hydrogens (tertiary/aromatic N) is 1. The summed E-state index contributed by atoms with van der Waals surface area (Å²) in [5.74, 6) is 0.609. The molecule has 0 radical (unpaired) electrons. The van der Waals surface area contributed by atoms with Crippen LogP contribution in [-0.4, -0.2) is 24.2 Å². The second-order valence-corrected chi connectivity index (χ2v) is 7.16. The number of unbranched alkanes of at least 4 members (excludes halogenated alkanes) is 8. The first kappa shape index (κ1) is 22.7. The van der Waals surface area contributed by atoms with Gasteiger partial charge < -0.3 is 9.47 Å². The molecular weight excluding hydrogens is 362 g/mol. The summed E-state index contributed by atoms with van der Waals surface area (Å²) in [6, 6.07) is 12.3. The number of rotatable bonds is 15. The fraction of sp³-hybridized carbons (Fsp3) is 0.440. The maximum atomic E-state index is 10.9. The number of pyridine rings is 1. The topological polar surface area (TPSA) is 48.4 Å². The summed E-state index contributed by atoms with van der Waals surface area (Å²) in [5.41, 5.74) is 2.35. The van der Waals surface area contributed by atoms with Crippen LogP contribution in [0.15, 0.2) is 61.4 Å².